The van der Waals surface area contributed by atoms with Crippen LogP contribution in [0.15, 0.2) is 54.6 Å². The van der Waals surface area contributed by atoms with Gasteiger partial charge in [-0.3, -0.25) is 14.4 Å². The highest BCUT2D eigenvalue weighted by molar-refractivity contribution is 5.89. The number of ether oxygens (including phenoxy) is 7. The third-order valence-electron chi connectivity index (χ3n) is 7.14. The molecule has 0 aromatic heterocycles. The summed E-state index contributed by atoms with van der Waals surface area (Å²) in [7, 11) is 1.48. The molecule has 14 heteroatoms. The van der Waals surface area contributed by atoms with Crippen molar-refractivity contribution in [2.75, 3.05) is 13.7 Å². The highest BCUT2D eigenvalue weighted by atomic mass is 16.7. The molecule has 0 amide bonds. The summed E-state index contributed by atoms with van der Waals surface area (Å²) in [6.07, 6.45) is -9.03. The molecule has 0 saturated carbocycles. The van der Waals surface area contributed by atoms with Gasteiger partial charge >= 0.3 is 23.9 Å². The van der Waals surface area contributed by atoms with Gasteiger partial charge in [0.1, 0.15) is 41.6 Å². The highest BCUT2D eigenvalue weighted by Gasteiger charge is 2.54. The number of rotatable bonds is 18. The number of carbonyl (C=O) groups is 7. The number of Topliss-reactive ketones (excluding diaryl/α,β-unsaturated/α-hetero) is 3. The maximum Gasteiger partial charge on any atom is 0.338 e. The first-order chi connectivity index (χ1) is 23.4. The third kappa shape index (κ3) is 12.8. The van der Waals surface area contributed by atoms with Gasteiger partial charge in [-0.2, -0.15) is 0 Å². The predicted octanol–water partition coefficient (Wildman–Crippen LogP) is 3.50. The summed E-state index contributed by atoms with van der Waals surface area (Å²) in [6.45, 7) is 3.34. The van der Waals surface area contributed by atoms with Gasteiger partial charge in [-0.1, -0.05) is 18.2 Å². The van der Waals surface area contributed by atoms with E-state index in [1.54, 1.807) is 30.3 Å². The number of esters is 4. The van der Waals surface area contributed by atoms with Crippen LogP contribution in [0.4, 0.5) is 0 Å². The van der Waals surface area contributed by atoms with Gasteiger partial charge in [-0.25, -0.2) is 4.79 Å². The molecule has 1 aliphatic heterocycles. The minimum Gasteiger partial charge on any atom is -0.497 e. The molecular weight excluding hydrogens is 644 g/mol. The average Bonchev–Trinajstić information content (AvgIpc) is 3.07. The smallest absolute Gasteiger partial charge is 0.338 e. The van der Waals surface area contributed by atoms with Crippen LogP contribution in [0.25, 0.3) is 0 Å². The molecule has 1 fully saturated rings. The second kappa shape index (κ2) is 19.0. The van der Waals surface area contributed by atoms with Crippen LogP contribution in [0, 0.1) is 0 Å². The summed E-state index contributed by atoms with van der Waals surface area (Å²) < 4.78 is 40.1. The Hall–Kier alpha value is -5.11. The van der Waals surface area contributed by atoms with Gasteiger partial charge in [0.25, 0.3) is 0 Å². The van der Waals surface area contributed by atoms with E-state index in [1.165, 1.54) is 52.1 Å². The summed E-state index contributed by atoms with van der Waals surface area (Å²) in [5, 5.41) is 0. The average molecular weight is 685 g/mol. The largest absolute Gasteiger partial charge is 0.497 e. The van der Waals surface area contributed by atoms with Gasteiger partial charge in [0.2, 0.25) is 12.4 Å². The fraction of sp³-hybridized carbons (Fsp3) is 0.457. The minimum absolute atomic E-state index is 0.0785. The molecule has 0 radical (unpaired) electrons. The number of ketones is 3. The Labute approximate surface area is 283 Å². The van der Waals surface area contributed by atoms with Crippen LogP contribution in [0.5, 0.6) is 11.5 Å². The van der Waals surface area contributed by atoms with E-state index in [1.807, 2.05) is 0 Å². The Kier molecular flexibility index (Phi) is 14.9. The summed E-state index contributed by atoms with van der Waals surface area (Å²) in [4.78, 5) is 86.7. The van der Waals surface area contributed by atoms with Crippen molar-refractivity contribution in [3.05, 3.63) is 60.2 Å². The van der Waals surface area contributed by atoms with Gasteiger partial charge in [-0.15, -0.1) is 0 Å². The SMILES string of the molecule is COc1ccc(O[C@@H]2O[C@H](COC(=O)CCC(C)=O)[C@H](OC(=O)CCC(C)=O)[C@H](OC(=O)CCC(C)=O)[C@H]2OC(=O)c2ccccc2)cc1. The molecule has 49 heavy (non-hydrogen) atoms. The monoisotopic (exact) mass is 684 g/mol. The number of benzene rings is 2. The van der Waals surface area contributed by atoms with Crippen molar-refractivity contribution in [1.29, 1.82) is 0 Å². The molecule has 0 spiro atoms. The zero-order valence-electron chi connectivity index (χ0n) is 27.7. The lowest BCUT2D eigenvalue weighted by molar-refractivity contribution is -0.285. The van der Waals surface area contributed by atoms with Gasteiger partial charge in [-0.05, 0) is 57.2 Å². The summed E-state index contributed by atoms with van der Waals surface area (Å²) in [6, 6.07) is 14.1. The van der Waals surface area contributed by atoms with E-state index in [2.05, 4.69) is 0 Å². The highest BCUT2D eigenvalue weighted by Crippen LogP contribution is 2.32. The summed E-state index contributed by atoms with van der Waals surface area (Å²) >= 11 is 0. The van der Waals surface area contributed by atoms with Crippen molar-refractivity contribution < 1.29 is 66.7 Å². The topological polar surface area (TPSA) is 184 Å². The fourth-order valence-electron chi connectivity index (χ4n) is 4.57. The molecule has 0 aliphatic carbocycles. The van der Waals surface area contributed by atoms with E-state index in [0.717, 1.165) is 0 Å². The zero-order chi connectivity index (χ0) is 35.9. The Morgan fingerprint density at radius 1 is 0.592 bits per heavy atom. The second-order valence-corrected chi connectivity index (χ2v) is 11.3. The maximum absolute atomic E-state index is 13.4. The fourth-order valence-corrected chi connectivity index (χ4v) is 4.57. The predicted molar refractivity (Wildman–Crippen MR) is 168 cm³/mol. The molecule has 0 N–H and O–H groups in total. The van der Waals surface area contributed by atoms with Crippen molar-refractivity contribution in [2.45, 2.75) is 90.0 Å². The first-order valence-corrected chi connectivity index (χ1v) is 15.6. The Balaban J connectivity index is 2.07. The molecular formula is C35H40O14. The van der Waals surface area contributed by atoms with Crippen molar-refractivity contribution >= 4 is 41.2 Å². The third-order valence-corrected chi connectivity index (χ3v) is 7.14. The van der Waals surface area contributed by atoms with Crippen molar-refractivity contribution in [3.8, 4) is 11.5 Å². The van der Waals surface area contributed by atoms with Crippen LogP contribution in [0.3, 0.4) is 0 Å². The molecule has 1 aliphatic rings. The van der Waals surface area contributed by atoms with Crippen LogP contribution in [0.1, 0.15) is 69.7 Å². The molecule has 0 bridgehead atoms. The molecule has 1 heterocycles. The van der Waals surface area contributed by atoms with Crippen LogP contribution in [-0.2, 0) is 52.5 Å². The second-order valence-electron chi connectivity index (χ2n) is 11.3. The molecule has 264 valence electrons. The lowest BCUT2D eigenvalue weighted by Crippen LogP contribution is -2.63. The molecule has 14 nitrogen and oxygen atoms in total. The first-order valence-electron chi connectivity index (χ1n) is 15.6. The van der Waals surface area contributed by atoms with E-state index >= 15 is 0 Å². The Morgan fingerprint density at radius 2 is 1.10 bits per heavy atom. The number of hydrogen-bond donors (Lipinski definition) is 0. The normalized spacial score (nSPS) is 19.9. The van der Waals surface area contributed by atoms with Crippen LogP contribution in [0.2, 0.25) is 0 Å². The Bertz CT molecular complexity index is 1470. The van der Waals surface area contributed by atoms with E-state index in [0.29, 0.717) is 5.75 Å². The minimum atomic E-state index is -1.62. The zero-order valence-corrected chi connectivity index (χ0v) is 27.7. The van der Waals surface area contributed by atoms with Gasteiger partial charge < -0.3 is 47.5 Å². The van der Waals surface area contributed by atoms with E-state index < -0.39 is 61.2 Å². The van der Waals surface area contributed by atoms with Crippen molar-refractivity contribution in [1.82, 2.24) is 0 Å². The van der Waals surface area contributed by atoms with E-state index in [4.69, 9.17) is 33.2 Å². The van der Waals surface area contributed by atoms with Crippen LogP contribution in [-0.4, -0.2) is 85.6 Å². The molecule has 2 aromatic carbocycles. The summed E-state index contributed by atoms with van der Waals surface area (Å²) in [5.41, 5.74) is 0.129. The quantitative estimate of drug-likeness (QED) is 0.164. The van der Waals surface area contributed by atoms with Gasteiger partial charge in [0.15, 0.2) is 12.2 Å². The number of hydrogen-bond acceptors (Lipinski definition) is 14. The molecule has 1 saturated heterocycles. The molecule has 2 aromatic rings. The summed E-state index contributed by atoms with van der Waals surface area (Å²) in [5.74, 6) is -3.51. The van der Waals surface area contributed by atoms with Crippen LogP contribution < -0.4 is 9.47 Å². The van der Waals surface area contributed by atoms with Crippen molar-refractivity contribution in [3.63, 3.8) is 0 Å². The van der Waals surface area contributed by atoms with E-state index in [-0.39, 0.29) is 67.2 Å². The standard InChI is InChI=1S/C35H40O14/c1-21(36)10-17-28(39)44-20-27-31(47-29(40)18-11-22(2)37)32(48-30(41)19-12-23(3)38)33(49-34(42)24-8-6-5-7-9-24)35(46-27)45-26-15-13-25(43-4)14-16-26/h5-9,13-16,27,31-33,35H,10-12,17-20H2,1-4H3/t27-,31+,32+,33-,35-/m1/s1. The number of carbonyl (C=O) groups excluding carboxylic acids is 7. The molecule has 3 rings (SSSR count). The van der Waals surface area contributed by atoms with Gasteiger partial charge in [0.05, 0.1) is 31.9 Å². The van der Waals surface area contributed by atoms with Crippen molar-refractivity contribution in [2.24, 2.45) is 0 Å². The van der Waals surface area contributed by atoms with Gasteiger partial charge in [0, 0.05) is 19.3 Å². The lowest BCUT2D eigenvalue weighted by Gasteiger charge is -2.44. The molecule has 5 atom stereocenters. The first kappa shape index (κ1) is 38.3. The molecule has 0 unspecified atom stereocenters. The van der Waals surface area contributed by atoms with E-state index in [9.17, 15) is 33.6 Å². The lowest BCUT2D eigenvalue weighted by atomic mass is 9.97. The van der Waals surface area contributed by atoms with Crippen LogP contribution >= 0.6 is 0 Å². The number of methoxy groups -OCH3 is 1. The Morgan fingerprint density at radius 3 is 1.63 bits per heavy atom. The maximum atomic E-state index is 13.4.